The minimum Gasteiger partial charge on any atom is -0.486 e. The van der Waals surface area contributed by atoms with E-state index in [1.54, 1.807) is 0 Å². The Morgan fingerprint density at radius 1 is 0.792 bits per heavy atom. The third kappa shape index (κ3) is 3.38. The minimum absolute atomic E-state index is 0.147. The van der Waals surface area contributed by atoms with Crippen LogP contribution in [0.1, 0.15) is 11.1 Å². The maximum atomic E-state index is 13.7. The summed E-state index contributed by atoms with van der Waals surface area (Å²) in [6.07, 6.45) is 0. The summed E-state index contributed by atoms with van der Waals surface area (Å²) in [4.78, 5) is 0. The second kappa shape index (κ2) is 6.71. The van der Waals surface area contributed by atoms with Crippen molar-refractivity contribution in [1.29, 1.82) is 0 Å². The Labute approximate surface area is 139 Å². The number of benzene rings is 3. The molecule has 0 aliphatic rings. The molecule has 0 aliphatic carbocycles. The van der Waals surface area contributed by atoms with E-state index in [1.165, 1.54) is 17.7 Å². The van der Waals surface area contributed by atoms with Crippen molar-refractivity contribution in [2.45, 2.75) is 13.5 Å². The average molecular weight is 325 g/mol. The molecule has 0 fully saturated rings. The number of rotatable bonds is 4. The Kier molecular flexibility index (Phi) is 4.47. The van der Waals surface area contributed by atoms with Gasteiger partial charge in [-0.15, -0.1) is 0 Å². The number of aryl methyl sites for hydroxylation is 1. The van der Waals surface area contributed by atoms with Crippen molar-refractivity contribution in [2.24, 2.45) is 0 Å². The van der Waals surface area contributed by atoms with Crippen molar-refractivity contribution in [3.8, 4) is 16.9 Å². The van der Waals surface area contributed by atoms with E-state index in [0.29, 0.717) is 0 Å². The molecule has 3 aromatic carbocycles. The largest absolute Gasteiger partial charge is 0.486 e. The summed E-state index contributed by atoms with van der Waals surface area (Å²) >= 11 is 0. The van der Waals surface area contributed by atoms with Crippen LogP contribution in [0.2, 0.25) is 0 Å². The topological polar surface area (TPSA) is 35.2 Å². The van der Waals surface area contributed by atoms with Crippen molar-refractivity contribution in [3.05, 3.63) is 83.4 Å². The maximum absolute atomic E-state index is 13.7. The van der Waals surface area contributed by atoms with E-state index in [0.717, 1.165) is 16.7 Å². The number of hydrogen-bond acceptors (Lipinski definition) is 2. The summed E-state index contributed by atoms with van der Waals surface area (Å²) in [5.74, 6) is -2.29. The highest BCUT2D eigenvalue weighted by Crippen LogP contribution is 2.25. The highest BCUT2D eigenvalue weighted by Gasteiger charge is 2.12. The molecule has 0 aliphatic heterocycles. The predicted octanol–water partition coefficient (Wildman–Crippen LogP) is 5.10. The van der Waals surface area contributed by atoms with Gasteiger partial charge >= 0.3 is 0 Å². The normalized spacial score (nSPS) is 10.6. The third-order valence-corrected chi connectivity index (χ3v) is 3.81. The van der Waals surface area contributed by atoms with Gasteiger partial charge in [-0.05, 0) is 35.7 Å². The van der Waals surface area contributed by atoms with Gasteiger partial charge in [0.15, 0.2) is 11.6 Å². The maximum Gasteiger partial charge on any atom is 0.202 e. The Morgan fingerprint density at radius 2 is 1.38 bits per heavy atom. The average Bonchev–Trinajstić information content (AvgIpc) is 2.60. The number of halogens is 2. The first kappa shape index (κ1) is 16.0. The molecule has 2 N–H and O–H groups in total. The van der Waals surface area contributed by atoms with Crippen molar-refractivity contribution in [2.75, 3.05) is 5.73 Å². The number of nitrogen functional groups attached to an aromatic ring is 1. The number of anilines is 1. The van der Waals surface area contributed by atoms with E-state index in [9.17, 15) is 8.78 Å². The molecule has 0 spiro atoms. The zero-order valence-corrected chi connectivity index (χ0v) is 13.2. The van der Waals surface area contributed by atoms with Crippen LogP contribution in [0.3, 0.4) is 0 Å². The van der Waals surface area contributed by atoms with Gasteiger partial charge in [0.05, 0.1) is 5.69 Å². The second-order valence-corrected chi connectivity index (χ2v) is 5.63. The van der Waals surface area contributed by atoms with Crippen LogP contribution in [-0.2, 0) is 6.61 Å². The first-order valence-corrected chi connectivity index (χ1v) is 7.57. The Bertz CT molecular complexity index is 843. The van der Waals surface area contributed by atoms with Gasteiger partial charge in [-0.2, -0.15) is 4.39 Å². The lowest BCUT2D eigenvalue weighted by atomic mass is 10.0. The van der Waals surface area contributed by atoms with Crippen LogP contribution in [0.15, 0.2) is 60.7 Å². The van der Waals surface area contributed by atoms with E-state index in [1.807, 2.05) is 31.2 Å². The van der Waals surface area contributed by atoms with Crippen LogP contribution in [0, 0.1) is 18.6 Å². The lowest BCUT2D eigenvalue weighted by Gasteiger charge is -2.09. The fourth-order valence-electron chi connectivity index (χ4n) is 2.36. The molecule has 0 radical (unpaired) electrons. The van der Waals surface area contributed by atoms with Crippen LogP contribution in [0.25, 0.3) is 11.1 Å². The molecule has 3 rings (SSSR count). The highest BCUT2D eigenvalue weighted by molar-refractivity contribution is 5.63. The first-order chi connectivity index (χ1) is 11.5. The Morgan fingerprint density at radius 3 is 2.00 bits per heavy atom. The first-order valence-electron chi connectivity index (χ1n) is 7.57. The molecule has 0 unspecified atom stereocenters. The van der Waals surface area contributed by atoms with Crippen LogP contribution in [0.4, 0.5) is 14.5 Å². The van der Waals surface area contributed by atoms with Crippen molar-refractivity contribution < 1.29 is 13.5 Å². The Hall–Kier alpha value is -2.88. The Balaban J connectivity index is 1.71. The zero-order chi connectivity index (χ0) is 17.1. The summed E-state index contributed by atoms with van der Waals surface area (Å²) in [6, 6.07) is 18.6. The SMILES string of the molecule is Cc1ccc(-c2ccc(COc3ccc(N)c(F)c3F)cc2)cc1. The van der Waals surface area contributed by atoms with Gasteiger partial charge in [0, 0.05) is 0 Å². The molecule has 0 saturated carbocycles. The van der Waals surface area contributed by atoms with Gasteiger partial charge in [-0.1, -0.05) is 54.1 Å². The van der Waals surface area contributed by atoms with Crippen molar-refractivity contribution in [3.63, 3.8) is 0 Å². The van der Waals surface area contributed by atoms with E-state index in [-0.39, 0.29) is 18.0 Å². The zero-order valence-electron chi connectivity index (χ0n) is 13.2. The van der Waals surface area contributed by atoms with Crippen LogP contribution < -0.4 is 10.5 Å². The van der Waals surface area contributed by atoms with Gasteiger partial charge in [-0.25, -0.2) is 4.39 Å². The van der Waals surface area contributed by atoms with Gasteiger partial charge < -0.3 is 10.5 Å². The fraction of sp³-hybridized carbons (Fsp3) is 0.100. The van der Waals surface area contributed by atoms with Gasteiger partial charge in [0.1, 0.15) is 6.61 Å². The molecule has 0 bridgehead atoms. The third-order valence-electron chi connectivity index (χ3n) is 3.81. The molecule has 0 saturated heterocycles. The van der Waals surface area contributed by atoms with E-state index < -0.39 is 11.6 Å². The van der Waals surface area contributed by atoms with E-state index in [4.69, 9.17) is 10.5 Å². The summed E-state index contributed by atoms with van der Waals surface area (Å²) in [7, 11) is 0. The monoisotopic (exact) mass is 325 g/mol. The quantitative estimate of drug-likeness (QED) is 0.677. The highest BCUT2D eigenvalue weighted by atomic mass is 19.2. The molecule has 2 nitrogen and oxygen atoms in total. The van der Waals surface area contributed by atoms with E-state index >= 15 is 0 Å². The number of nitrogens with two attached hydrogens (primary N) is 1. The molecule has 122 valence electrons. The summed E-state index contributed by atoms with van der Waals surface area (Å²) in [6.45, 7) is 2.19. The molecule has 3 aromatic rings. The summed E-state index contributed by atoms with van der Waals surface area (Å²) in [5, 5.41) is 0. The summed E-state index contributed by atoms with van der Waals surface area (Å²) in [5.41, 5.74) is 9.36. The van der Waals surface area contributed by atoms with Crippen LogP contribution >= 0.6 is 0 Å². The molecule has 4 heteroatoms. The number of hydrogen-bond donors (Lipinski definition) is 1. The van der Waals surface area contributed by atoms with E-state index in [2.05, 4.69) is 24.3 Å². The predicted molar refractivity (Wildman–Crippen MR) is 91.7 cm³/mol. The minimum atomic E-state index is -1.08. The smallest absolute Gasteiger partial charge is 0.202 e. The fourth-order valence-corrected chi connectivity index (χ4v) is 2.36. The molecule has 24 heavy (non-hydrogen) atoms. The number of ether oxygens (including phenoxy) is 1. The standard InChI is InChI=1S/C20H17F2NO/c1-13-2-6-15(7-3-13)16-8-4-14(5-9-16)12-24-18-11-10-17(23)19(21)20(18)22/h2-11H,12,23H2,1H3. The second-order valence-electron chi connectivity index (χ2n) is 5.63. The molecule has 0 heterocycles. The van der Waals surface area contributed by atoms with Gasteiger partial charge in [0.2, 0.25) is 5.82 Å². The van der Waals surface area contributed by atoms with Crippen LogP contribution in [0.5, 0.6) is 5.75 Å². The molecule has 0 atom stereocenters. The van der Waals surface area contributed by atoms with Crippen LogP contribution in [-0.4, -0.2) is 0 Å². The lowest BCUT2D eigenvalue weighted by Crippen LogP contribution is -2.01. The summed E-state index contributed by atoms with van der Waals surface area (Å²) < 4.78 is 32.5. The molecular weight excluding hydrogens is 308 g/mol. The van der Waals surface area contributed by atoms with Crippen molar-refractivity contribution >= 4 is 5.69 Å². The molecule has 0 aromatic heterocycles. The van der Waals surface area contributed by atoms with Crippen molar-refractivity contribution in [1.82, 2.24) is 0 Å². The van der Waals surface area contributed by atoms with Gasteiger partial charge in [0.25, 0.3) is 0 Å². The lowest BCUT2D eigenvalue weighted by molar-refractivity contribution is 0.285. The van der Waals surface area contributed by atoms with Gasteiger partial charge in [-0.3, -0.25) is 0 Å². The molecular formula is C20H17F2NO. The molecule has 0 amide bonds.